The van der Waals surface area contributed by atoms with Crippen LogP contribution in [0.1, 0.15) is 12.8 Å². The van der Waals surface area contributed by atoms with Crippen molar-refractivity contribution in [2.24, 2.45) is 0 Å². The number of H-pyrrole nitrogens is 2. The van der Waals surface area contributed by atoms with Crippen LogP contribution in [0.25, 0.3) is 33.3 Å². The first-order valence-corrected chi connectivity index (χ1v) is 9.38. The van der Waals surface area contributed by atoms with Crippen LogP contribution in [0.3, 0.4) is 0 Å². The summed E-state index contributed by atoms with van der Waals surface area (Å²) in [7, 11) is 1.70. The Labute approximate surface area is 160 Å². The van der Waals surface area contributed by atoms with E-state index in [0.29, 0.717) is 18.8 Å². The number of nitrogens with zero attached hydrogens (tertiary/aromatic N) is 3. The van der Waals surface area contributed by atoms with Gasteiger partial charge in [0.2, 0.25) is 0 Å². The van der Waals surface area contributed by atoms with Gasteiger partial charge in [-0.2, -0.15) is 0 Å². The number of pyridine rings is 2. The summed E-state index contributed by atoms with van der Waals surface area (Å²) in [6, 6.07) is 6.03. The van der Waals surface area contributed by atoms with Crippen molar-refractivity contribution in [1.82, 2.24) is 24.5 Å². The zero-order valence-electron chi connectivity index (χ0n) is 15.5. The van der Waals surface area contributed by atoms with Gasteiger partial charge in [0, 0.05) is 42.2 Å². The maximum absolute atomic E-state index is 12.5. The number of nitrogens with one attached hydrogen (secondary N) is 2. The van der Waals surface area contributed by atoms with Crippen LogP contribution in [-0.4, -0.2) is 50.4 Å². The number of methoxy groups -OCH3 is 1. The lowest BCUT2D eigenvalue weighted by atomic mass is 10.1. The summed E-state index contributed by atoms with van der Waals surface area (Å²) >= 11 is 0. The summed E-state index contributed by atoms with van der Waals surface area (Å²) in [5.41, 5.74) is 3.90. The monoisotopic (exact) mass is 379 g/mol. The van der Waals surface area contributed by atoms with E-state index in [9.17, 15) is 4.79 Å². The summed E-state index contributed by atoms with van der Waals surface area (Å²) < 4.78 is 12.9. The highest BCUT2D eigenvalue weighted by Gasteiger charge is 2.23. The Kier molecular flexibility index (Phi) is 4.22. The summed E-state index contributed by atoms with van der Waals surface area (Å²) in [4.78, 5) is 27.3. The quantitative estimate of drug-likeness (QED) is 0.568. The molecule has 2 N–H and O–H groups in total. The molecule has 4 aromatic rings. The molecule has 5 heterocycles. The minimum atomic E-state index is -0.170. The van der Waals surface area contributed by atoms with Crippen molar-refractivity contribution in [2.45, 2.75) is 31.6 Å². The number of imidazole rings is 1. The standard InChI is InChI=1S/C20H21N5O3/c1-27-16-3-2-15(28-11-16)10-25-17-7-14(9-23-19(17)24-20(25)26)13-6-12-4-5-21-18(12)22-8-13/h4-9,15-16H,2-3,10-11H2,1H3,(H,21,22)(H,23,24,26)/t15-,16-/m0/s1. The lowest BCUT2D eigenvalue weighted by molar-refractivity contribution is -0.0757. The van der Waals surface area contributed by atoms with Crippen LogP contribution in [-0.2, 0) is 16.0 Å². The third kappa shape index (κ3) is 3.00. The second-order valence-electron chi connectivity index (χ2n) is 7.16. The van der Waals surface area contributed by atoms with Crippen molar-refractivity contribution in [1.29, 1.82) is 0 Å². The molecular weight excluding hydrogens is 358 g/mol. The molecule has 28 heavy (non-hydrogen) atoms. The number of hydrogen-bond donors (Lipinski definition) is 2. The Morgan fingerprint density at radius 3 is 2.82 bits per heavy atom. The lowest BCUT2D eigenvalue weighted by Crippen LogP contribution is -2.35. The molecule has 8 heteroatoms. The molecule has 0 radical (unpaired) electrons. The molecule has 4 aromatic heterocycles. The molecule has 0 spiro atoms. The Morgan fingerprint density at radius 2 is 2.04 bits per heavy atom. The molecule has 0 aromatic carbocycles. The molecule has 0 bridgehead atoms. The third-order valence-electron chi connectivity index (χ3n) is 5.41. The van der Waals surface area contributed by atoms with Crippen molar-refractivity contribution in [3.8, 4) is 11.1 Å². The average Bonchev–Trinajstić information content (AvgIpc) is 3.32. The molecular formula is C20H21N5O3. The lowest BCUT2D eigenvalue weighted by Gasteiger charge is -2.28. The highest BCUT2D eigenvalue weighted by Crippen LogP contribution is 2.25. The smallest absolute Gasteiger partial charge is 0.327 e. The van der Waals surface area contributed by atoms with E-state index in [0.717, 1.165) is 40.5 Å². The second-order valence-corrected chi connectivity index (χ2v) is 7.16. The summed E-state index contributed by atoms with van der Waals surface area (Å²) in [5.74, 6) is 0. The summed E-state index contributed by atoms with van der Waals surface area (Å²) in [5, 5.41) is 1.03. The van der Waals surface area contributed by atoms with E-state index >= 15 is 0 Å². The fourth-order valence-electron chi connectivity index (χ4n) is 3.79. The highest BCUT2D eigenvalue weighted by molar-refractivity contribution is 5.84. The minimum absolute atomic E-state index is 0.00960. The molecule has 0 amide bonds. The molecule has 8 nitrogen and oxygen atoms in total. The number of aromatic amines is 2. The Hall–Kier alpha value is -2.97. The molecule has 1 aliphatic rings. The van der Waals surface area contributed by atoms with Crippen LogP contribution < -0.4 is 5.69 Å². The molecule has 5 rings (SSSR count). The van der Waals surface area contributed by atoms with Gasteiger partial charge in [0.25, 0.3) is 0 Å². The van der Waals surface area contributed by atoms with Gasteiger partial charge in [-0.05, 0) is 31.0 Å². The van der Waals surface area contributed by atoms with Crippen LogP contribution in [0.15, 0.2) is 41.6 Å². The Morgan fingerprint density at radius 1 is 1.21 bits per heavy atom. The molecule has 1 saturated heterocycles. The largest absolute Gasteiger partial charge is 0.379 e. The molecule has 0 saturated carbocycles. The number of aromatic nitrogens is 5. The van der Waals surface area contributed by atoms with Crippen LogP contribution >= 0.6 is 0 Å². The van der Waals surface area contributed by atoms with Crippen molar-refractivity contribution >= 4 is 22.2 Å². The van der Waals surface area contributed by atoms with Gasteiger partial charge in [0.1, 0.15) is 5.65 Å². The van der Waals surface area contributed by atoms with Crippen LogP contribution in [0.2, 0.25) is 0 Å². The predicted octanol–water partition coefficient (Wildman–Crippen LogP) is 2.46. The summed E-state index contributed by atoms with van der Waals surface area (Å²) in [6.45, 7) is 1.06. The van der Waals surface area contributed by atoms with Gasteiger partial charge >= 0.3 is 5.69 Å². The fourth-order valence-corrected chi connectivity index (χ4v) is 3.79. The van der Waals surface area contributed by atoms with E-state index in [-0.39, 0.29) is 17.9 Å². The normalized spacial score (nSPS) is 20.2. The molecule has 144 valence electrons. The van der Waals surface area contributed by atoms with Crippen molar-refractivity contribution < 1.29 is 9.47 Å². The van der Waals surface area contributed by atoms with E-state index in [4.69, 9.17) is 9.47 Å². The van der Waals surface area contributed by atoms with Gasteiger partial charge in [-0.3, -0.25) is 9.55 Å². The average molecular weight is 379 g/mol. The van der Waals surface area contributed by atoms with E-state index in [1.807, 2.05) is 24.5 Å². The van der Waals surface area contributed by atoms with Gasteiger partial charge in [-0.25, -0.2) is 14.8 Å². The van der Waals surface area contributed by atoms with E-state index in [2.05, 4.69) is 26.0 Å². The zero-order chi connectivity index (χ0) is 19.1. The number of hydrogen-bond acceptors (Lipinski definition) is 5. The maximum Gasteiger partial charge on any atom is 0.327 e. The molecule has 0 aliphatic carbocycles. The third-order valence-corrected chi connectivity index (χ3v) is 5.41. The predicted molar refractivity (Wildman–Crippen MR) is 105 cm³/mol. The van der Waals surface area contributed by atoms with Crippen LogP contribution in [0.4, 0.5) is 0 Å². The zero-order valence-corrected chi connectivity index (χ0v) is 15.5. The van der Waals surface area contributed by atoms with E-state index < -0.39 is 0 Å². The Bertz CT molecular complexity index is 1180. The minimum Gasteiger partial charge on any atom is -0.379 e. The van der Waals surface area contributed by atoms with Crippen molar-refractivity contribution in [2.75, 3.05) is 13.7 Å². The topological polar surface area (TPSA) is 97.8 Å². The van der Waals surface area contributed by atoms with E-state index in [1.165, 1.54) is 0 Å². The highest BCUT2D eigenvalue weighted by atomic mass is 16.5. The SMILES string of the molecule is CO[C@H]1CC[C@@H](Cn2c(=O)[nH]c3ncc(-c4cnc5[nH]ccc5c4)cc32)OC1. The first kappa shape index (κ1) is 17.2. The maximum atomic E-state index is 12.5. The first-order chi connectivity index (χ1) is 13.7. The van der Waals surface area contributed by atoms with Crippen molar-refractivity contribution in [3.63, 3.8) is 0 Å². The van der Waals surface area contributed by atoms with Crippen LogP contribution in [0, 0.1) is 0 Å². The van der Waals surface area contributed by atoms with E-state index in [1.54, 1.807) is 17.9 Å². The van der Waals surface area contributed by atoms with Crippen molar-refractivity contribution in [3.05, 3.63) is 47.3 Å². The van der Waals surface area contributed by atoms with Crippen LogP contribution in [0.5, 0.6) is 0 Å². The van der Waals surface area contributed by atoms with Gasteiger partial charge in [-0.15, -0.1) is 0 Å². The van der Waals surface area contributed by atoms with Gasteiger partial charge in [0.15, 0.2) is 5.65 Å². The second kappa shape index (κ2) is 6.88. The summed E-state index contributed by atoms with van der Waals surface area (Å²) in [6.07, 6.45) is 7.36. The fraction of sp³-hybridized carbons (Fsp3) is 0.350. The number of ether oxygens (including phenoxy) is 2. The molecule has 1 fully saturated rings. The van der Waals surface area contributed by atoms with Gasteiger partial charge in [0.05, 0.1) is 30.9 Å². The molecule has 0 unspecified atom stereocenters. The van der Waals surface area contributed by atoms with Gasteiger partial charge in [-0.1, -0.05) is 0 Å². The van der Waals surface area contributed by atoms with Gasteiger partial charge < -0.3 is 14.5 Å². The Balaban J connectivity index is 1.49. The molecule has 2 atom stereocenters. The first-order valence-electron chi connectivity index (χ1n) is 9.38. The number of rotatable bonds is 4. The number of fused-ring (bicyclic) bond motifs is 2. The molecule has 1 aliphatic heterocycles.